The van der Waals surface area contributed by atoms with Gasteiger partial charge in [-0.05, 0) is 24.3 Å². The Labute approximate surface area is 122 Å². The van der Waals surface area contributed by atoms with E-state index in [-0.39, 0.29) is 11.7 Å². The van der Waals surface area contributed by atoms with Crippen LogP contribution in [0.1, 0.15) is 6.42 Å². The van der Waals surface area contributed by atoms with Gasteiger partial charge in [-0.25, -0.2) is 9.37 Å². The molecule has 1 aromatic heterocycles. The highest BCUT2D eigenvalue weighted by Crippen LogP contribution is 2.16. The monoisotopic (exact) mass is 291 g/mol. The lowest BCUT2D eigenvalue weighted by molar-refractivity contribution is -0.121. The molecule has 0 aliphatic carbocycles. The number of halogens is 1. The number of pyridine rings is 1. The molecule has 0 fully saturated rings. The van der Waals surface area contributed by atoms with Crippen molar-refractivity contribution in [3.8, 4) is 0 Å². The molecule has 0 saturated heterocycles. The number of rotatable bonds is 7. The Morgan fingerprint density at radius 1 is 1.29 bits per heavy atom. The van der Waals surface area contributed by atoms with Gasteiger partial charge in [0.2, 0.25) is 5.91 Å². The summed E-state index contributed by atoms with van der Waals surface area (Å²) in [5.74, 6) is 0.258. The Bertz CT molecular complexity index is 619. The predicted molar refractivity (Wildman–Crippen MR) is 79.7 cm³/mol. The van der Waals surface area contributed by atoms with Crippen molar-refractivity contribution in [2.24, 2.45) is 0 Å². The molecule has 1 aromatic carbocycles. The van der Waals surface area contributed by atoms with Crippen LogP contribution in [0.25, 0.3) is 10.9 Å². The van der Waals surface area contributed by atoms with Gasteiger partial charge in [-0.15, -0.1) is 0 Å². The Balaban J connectivity index is 1.84. The van der Waals surface area contributed by atoms with Crippen LogP contribution in [0.4, 0.5) is 10.2 Å². The number of methoxy groups -OCH3 is 1. The van der Waals surface area contributed by atoms with Gasteiger partial charge in [-0.3, -0.25) is 4.79 Å². The number of ether oxygens (including phenoxy) is 1. The van der Waals surface area contributed by atoms with Crippen LogP contribution in [0.5, 0.6) is 0 Å². The molecule has 0 aliphatic rings. The summed E-state index contributed by atoms with van der Waals surface area (Å²) in [6.07, 6.45) is 0.340. The second-order valence-electron chi connectivity index (χ2n) is 4.55. The minimum Gasteiger partial charge on any atom is -0.383 e. The minimum atomic E-state index is -0.315. The van der Waals surface area contributed by atoms with Gasteiger partial charge in [0.25, 0.3) is 0 Å². The number of carbonyl (C=O) groups excluding carboxylic acids is 1. The molecule has 6 heteroatoms. The fraction of sp³-hybridized carbons (Fsp3) is 0.333. The van der Waals surface area contributed by atoms with Crippen LogP contribution in [0.3, 0.4) is 0 Å². The average Bonchev–Trinajstić information content (AvgIpc) is 2.47. The number of carbonyl (C=O) groups is 1. The molecule has 21 heavy (non-hydrogen) atoms. The Kier molecular flexibility index (Phi) is 5.45. The Hall–Kier alpha value is -2.21. The maximum absolute atomic E-state index is 13.2. The zero-order valence-electron chi connectivity index (χ0n) is 11.9. The first kappa shape index (κ1) is 15.2. The van der Waals surface area contributed by atoms with Crippen LogP contribution in [0.15, 0.2) is 30.3 Å². The van der Waals surface area contributed by atoms with Gasteiger partial charge in [-0.2, -0.15) is 0 Å². The largest absolute Gasteiger partial charge is 0.383 e. The van der Waals surface area contributed by atoms with E-state index in [0.29, 0.717) is 37.5 Å². The number of aromatic nitrogens is 1. The third-order valence-corrected chi connectivity index (χ3v) is 2.94. The molecule has 2 rings (SSSR count). The Morgan fingerprint density at radius 3 is 2.90 bits per heavy atom. The fourth-order valence-electron chi connectivity index (χ4n) is 1.87. The lowest BCUT2D eigenvalue weighted by Crippen LogP contribution is -2.28. The number of anilines is 1. The van der Waals surface area contributed by atoms with Crippen molar-refractivity contribution in [1.82, 2.24) is 10.3 Å². The molecule has 0 bridgehead atoms. The van der Waals surface area contributed by atoms with Crippen LogP contribution in [-0.4, -0.2) is 37.7 Å². The van der Waals surface area contributed by atoms with Crippen molar-refractivity contribution >= 4 is 22.6 Å². The molecule has 0 unspecified atom stereocenters. The van der Waals surface area contributed by atoms with Gasteiger partial charge in [0.05, 0.1) is 12.1 Å². The standard InChI is InChI=1S/C15H18FN3O2/c1-21-9-8-18-15(20)6-7-17-14-5-3-11-2-4-12(16)10-13(11)19-14/h2-5,10H,6-9H2,1H3,(H,17,19)(H,18,20). The van der Waals surface area contributed by atoms with E-state index in [0.717, 1.165) is 5.39 Å². The third kappa shape index (κ3) is 4.68. The summed E-state index contributed by atoms with van der Waals surface area (Å²) in [6.45, 7) is 1.46. The number of benzene rings is 1. The van der Waals surface area contributed by atoms with Crippen LogP contribution < -0.4 is 10.6 Å². The number of hydrogen-bond donors (Lipinski definition) is 2. The molecular weight excluding hydrogens is 273 g/mol. The molecule has 1 heterocycles. The number of hydrogen-bond acceptors (Lipinski definition) is 4. The van der Waals surface area contributed by atoms with Crippen molar-refractivity contribution in [2.45, 2.75) is 6.42 Å². The van der Waals surface area contributed by atoms with E-state index in [1.807, 2.05) is 12.1 Å². The van der Waals surface area contributed by atoms with Crippen LogP contribution in [0, 0.1) is 5.82 Å². The van der Waals surface area contributed by atoms with E-state index >= 15 is 0 Å². The smallest absolute Gasteiger partial charge is 0.221 e. The van der Waals surface area contributed by atoms with E-state index in [1.54, 1.807) is 13.2 Å². The molecule has 1 amide bonds. The normalized spacial score (nSPS) is 10.6. The van der Waals surface area contributed by atoms with Gasteiger partial charge >= 0.3 is 0 Å². The summed E-state index contributed by atoms with van der Waals surface area (Å²) in [6, 6.07) is 8.15. The first-order valence-corrected chi connectivity index (χ1v) is 6.75. The van der Waals surface area contributed by atoms with E-state index in [4.69, 9.17) is 4.74 Å². The molecule has 2 aromatic rings. The van der Waals surface area contributed by atoms with E-state index in [2.05, 4.69) is 15.6 Å². The highest BCUT2D eigenvalue weighted by molar-refractivity contribution is 5.80. The lowest BCUT2D eigenvalue weighted by Gasteiger charge is -2.07. The SMILES string of the molecule is COCCNC(=O)CCNc1ccc2ccc(F)cc2n1. The summed E-state index contributed by atoms with van der Waals surface area (Å²) in [5.41, 5.74) is 0.588. The van der Waals surface area contributed by atoms with Gasteiger partial charge in [-0.1, -0.05) is 0 Å². The van der Waals surface area contributed by atoms with Gasteiger partial charge < -0.3 is 15.4 Å². The van der Waals surface area contributed by atoms with Gasteiger partial charge in [0, 0.05) is 38.1 Å². The molecule has 0 spiro atoms. The summed E-state index contributed by atoms with van der Waals surface area (Å²) in [7, 11) is 1.59. The summed E-state index contributed by atoms with van der Waals surface area (Å²) in [5, 5.41) is 6.66. The van der Waals surface area contributed by atoms with Crippen molar-refractivity contribution in [3.05, 3.63) is 36.1 Å². The van der Waals surface area contributed by atoms with E-state index in [1.165, 1.54) is 12.1 Å². The molecule has 2 N–H and O–H groups in total. The maximum atomic E-state index is 13.2. The van der Waals surface area contributed by atoms with Crippen LogP contribution in [0.2, 0.25) is 0 Å². The van der Waals surface area contributed by atoms with Crippen LogP contribution >= 0.6 is 0 Å². The second-order valence-corrected chi connectivity index (χ2v) is 4.55. The van der Waals surface area contributed by atoms with E-state index < -0.39 is 0 Å². The Morgan fingerprint density at radius 2 is 2.10 bits per heavy atom. The quantitative estimate of drug-likeness (QED) is 0.765. The first-order chi connectivity index (χ1) is 10.2. The molecular formula is C15H18FN3O2. The molecule has 0 aliphatic heterocycles. The van der Waals surface area contributed by atoms with E-state index in [9.17, 15) is 9.18 Å². The average molecular weight is 291 g/mol. The van der Waals surface area contributed by atoms with Gasteiger partial charge in [0.1, 0.15) is 11.6 Å². The molecule has 0 radical (unpaired) electrons. The van der Waals surface area contributed by atoms with Crippen molar-refractivity contribution in [3.63, 3.8) is 0 Å². The molecule has 112 valence electrons. The van der Waals surface area contributed by atoms with Crippen molar-refractivity contribution in [1.29, 1.82) is 0 Å². The zero-order valence-corrected chi connectivity index (χ0v) is 11.9. The van der Waals surface area contributed by atoms with Crippen molar-refractivity contribution < 1.29 is 13.9 Å². The fourth-order valence-corrected chi connectivity index (χ4v) is 1.87. The summed E-state index contributed by atoms with van der Waals surface area (Å²) < 4.78 is 18.0. The third-order valence-electron chi connectivity index (χ3n) is 2.94. The van der Waals surface area contributed by atoms with Crippen LogP contribution in [-0.2, 0) is 9.53 Å². The highest BCUT2D eigenvalue weighted by Gasteiger charge is 2.02. The number of nitrogens with one attached hydrogen (secondary N) is 2. The zero-order chi connectivity index (χ0) is 15.1. The highest BCUT2D eigenvalue weighted by atomic mass is 19.1. The second kappa shape index (κ2) is 7.54. The molecule has 0 atom stereocenters. The number of amides is 1. The topological polar surface area (TPSA) is 63.2 Å². The summed E-state index contributed by atoms with van der Waals surface area (Å²) in [4.78, 5) is 15.8. The maximum Gasteiger partial charge on any atom is 0.221 e. The number of nitrogens with zero attached hydrogens (tertiary/aromatic N) is 1. The molecule has 5 nitrogen and oxygen atoms in total. The predicted octanol–water partition coefficient (Wildman–Crippen LogP) is 1.94. The minimum absolute atomic E-state index is 0.0496. The molecule has 0 saturated carbocycles. The summed E-state index contributed by atoms with van der Waals surface area (Å²) >= 11 is 0. The number of fused-ring (bicyclic) bond motifs is 1. The lowest BCUT2D eigenvalue weighted by atomic mass is 10.2. The first-order valence-electron chi connectivity index (χ1n) is 6.75. The van der Waals surface area contributed by atoms with Crippen molar-refractivity contribution in [2.75, 3.05) is 32.1 Å². The van der Waals surface area contributed by atoms with Gasteiger partial charge in [0.15, 0.2) is 0 Å².